The molecule has 0 fully saturated rings. The lowest BCUT2D eigenvalue weighted by atomic mass is 9.77. The third-order valence-electron chi connectivity index (χ3n) is 2.49. The van der Waals surface area contributed by atoms with Crippen molar-refractivity contribution in [3.63, 3.8) is 0 Å². The molecule has 0 aliphatic rings. The van der Waals surface area contributed by atoms with Crippen molar-refractivity contribution in [2.75, 3.05) is 0 Å². The van der Waals surface area contributed by atoms with Crippen molar-refractivity contribution >= 4 is 12.1 Å². The van der Waals surface area contributed by atoms with E-state index in [1.54, 1.807) is 0 Å². The van der Waals surface area contributed by atoms with Gasteiger partial charge in [0.25, 0.3) is 0 Å². The fourth-order valence-electron chi connectivity index (χ4n) is 0.882. The molecule has 0 aliphatic carbocycles. The van der Waals surface area contributed by atoms with E-state index >= 15 is 0 Å². The second kappa shape index (κ2) is 4.03. The van der Waals surface area contributed by atoms with Gasteiger partial charge in [-0.15, -0.1) is 0 Å². The van der Waals surface area contributed by atoms with Gasteiger partial charge in [-0.05, 0) is 6.42 Å². The van der Waals surface area contributed by atoms with Gasteiger partial charge in [0.1, 0.15) is 12.1 Å². The molecule has 0 aromatic carbocycles. The summed E-state index contributed by atoms with van der Waals surface area (Å²) in [5, 5.41) is 0. The molecule has 2 heteroatoms. The maximum Gasteiger partial charge on any atom is 0.139 e. The number of Topliss-reactive ketones (excluding diaryl/α,β-unsaturated/α-hetero) is 1. The average Bonchev–Trinajstić information content (AvgIpc) is 2.02. The van der Waals surface area contributed by atoms with E-state index in [1.165, 1.54) is 0 Å². The molecule has 76 valence electrons. The van der Waals surface area contributed by atoms with Crippen LogP contribution in [0.4, 0.5) is 0 Å². The molecule has 2 nitrogen and oxygen atoms in total. The van der Waals surface area contributed by atoms with Gasteiger partial charge in [-0.25, -0.2) is 0 Å². The van der Waals surface area contributed by atoms with Crippen LogP contribution in [0.5, 0.6) is 0 Å². The fraction of sp³-hybridized carbons (Fsp3) is 0.818. The predicted octanol–water partition coefficient (Wildman–Crippen LogP) is 2.61. The molecule has 0 heterocycles. The molecule has 0 N–H and O–H groups in total. The normalized spacial score (nSPS) is 16.4. The monoisotopic (exact) mass is 184 g/mol. The third kappa shape index (κ3) is 3.71. The summed E-state index contributed by atoms with van der Waals surface area (Å²) < 4.78 is 0. The zero-order valence-corrected chi connectivity index (χ0v) is 9.31. The molecule has 0 saturated carbocycles. The minimum absolute atomic E-state index is 0.156. The lowest BCUT2D eigenvalue weighted by Crippen LogP contribution is -2.29. The molecule has 1 unspecified atom stereocenters. The molecule has 0 aromatic heterocycles. The molecule has 0 amide bonds. The van der Waals surface area contributed by atoms with E-state index < -0.39 is 5.41 Å². The quantitative estimate of drug-likeness (QED) is 0.629. The van der Waals surface area contributed by atoms with Crippen LogP contribution in [0.1, 0.15) is 47.5 Å². The van der Waals surface area contributed by atoms with Crippen LogP contribution in [-0.4, -0.2) is 12.1 Å². The van der Waals surface area contributed by atoms with Crippen molar-refractivity contribution in [3.05, 3.63) is 0 Å². The summed E-state index contributed by atoms with van der Waals surface area (Å²) in [5.74, 6) is 0.156. The Hall–Kier alpha value is -0.660. The van der Waals surface area contributed by atoms with Crippen LogP contribution in [0, 0.1) is 10.8 Å². The smallest absolute Gasteiger partial charge is 0.139 e. The first-order valence-corrected chi connectivity index (χ1v) is 4.75. The summed E-state index contributed by atoms with van der Waals surface area (Å²) in [4.78, 5) is 22.4. The number of rotatable bonds is 4. The standard InChI is InChI=1S/C11H20O2/c1-6-11(5,8-12)7-9(13)10(2,3)4/h8H,6-7H2,1-5H3. The molecule has 1 atom stereocenters. The van der Waals surface area contributed by atoms with Crippen molar-refractivity contribution in [2.24, 2.45) is 10.8 Å². The highest BCUT2D eigenvalue weighted by Gasteiger charge is 2.30. The first-order valence-electron chi connectivity index (χ1n) is 4.75. The number of hydrogen-bond donors (Lipinski definition) is 0. The molecule has 0 aliphatic heterocycles. The zero-order valence-electron chi connectivity index (χ0n) is 9.31. The summed E-state index contributed by atoms with van der Waals surface area (Å²) in [5.41, 5.74) is -0.802. The molecule has 0 rings (SSSR count). The van der Waals surface area contributed by atoms with Gasteiger partial charge in [-0.1, -0.05) is 34.6 Å². The van der Waals surface area contributed by atoms with Gasteiger partial charge < -0.3 is 4.79 Å². The third-order valence-corrected chi connectivity index (χ3v) is 2.49. The van der Waals surface area contributed by atoms with E-state index in [0.29, 0.717) is 6.42 Å². The topological polar surface area (TPSA) is 34.1 Å². The molecule has 0 bridgehead atoms. The van der Waals surface area contributed by atoms with Gasteiger partial charge in [0.15, 0.2) is 0 Å². The number of aldehydes is 1. The minimum atomic E-state index is -0.468. The van der Waals surface area contributed by atoms with Crippen molar-refractivity contribution in [2.45, 2.75) is 47.5 Å². The highest BCUT2D eigenvalue weighted by atomic mass is 16.1. The Balaban J connectivity index is 4.44. The number of hydrogen-bond acceptors (Lipinski definition) is 2. The van der Waals surface area contributed by atoms with Crippen molar-refractivity contribution in [3.8, 4) is 0 Å². The van der Waals surface area contributed by atoms with Crippen LogP contribution < -0.4 is 0 Å². The second-order valence-electron chi connectivity index (χ2n) is 4.98. The van der Waals surface area contributed by atoms with Gasteiger partial charge in [0.2, 0.25) is 0 Å². The number of carbonyl (C=O) groups is 2. The number of carbonyl (C=O) groups excluding carboxylic acids is 2. The van der Waals surface area contributed by atoms with Crippen LogP contribution in [0.2, 0.25) is 0 Å². The summed E-state index contributed by atoms with van der Waals surface area (Å²) in [7, 11) is 0. The molecular formula is C11H20O2. The van der Waals surface area contributed by atoms with Gasteiger partial charge in [0.05, 0.1) is 0 Å². The average molecular weight is 184 g/mol. The summed E-state index contributed by atoms with van der Waals surface area (Å²) in [6, 6.07) is 0. The van der Waals surface area contributed by atoms with E-state index in [-0.39, 0.29) is 11.2 Å². The molecular weight excluding hydrogens is 164 g/mol. The Bertz CT molecular complexity index is 201. The van der Waals surface area contributed by atoms with Crippen LogP contribution in [-0.2, 0) is 9.59 Å². The first-order chi connectivity index (χ1) is 5.75. The highest BCUT2D eigenvalue weighted by Crippen LogP contribution is 2.28. The van der Waals surface area contributed by atoms with Gasteiger partial charge in [-0.3, -0.25) is 4.79 Å². The zero-order chi connectivity index (χ0) is 10.7. The van der Waals surface area contributed by atoms with Crippen LogP contribution in [0.25, 0.3) is 0 Å². The summed E-state index contributed by atoms with van der Waals surface area (Å²) >= 11 is 0. The Kier molecular flexibility index (Phi) is 3.83. The minimum Gasteiger partial charge on any atom is -0.303 e. The number of ketones is 1. The van der Waals surface area contributed by atoms with E-state index in [4.69, 9.17) is 0 Å². The lowest BCUT2D eigenvalue weighted by molar-refractivity contribution is -0.131. The van der Waals surface area contributed by atoms with E-state index in [2.05, 4.69) is 0 Å². The Morgan fingerprint density at radius 2 is 1.69 bits per heavy atom. The molecule has 0 saturated heterocycles. The summed E-state index contributed by atoms with van der Waals surface area (Å²) in [6.45, 7) is 9.43. The van der Waals surface area contributed by atoms with Gasteiger partial charge >= 0.3 is 0 Å². The van der Waals surface area contributed by atoms with Crippen molar-refractivity contribution in [1.82, 2.24) is 0 Å². The first kappa shape index (κ1) is 12.3. The Morgan fingerprint density at radius 1 is 1.23 bits per heavy atom. The predicted molar refractivity (Wildman–Crippen MR) is 53.5 cm³/mol. The molecule has 13 heavy (non-hydrogen) atoms. The largest absolute Gasteiger partial charge is 0.303 e. The SMILES string of the molecule is CCC(C)(C=O)CC(=O)C(C)(C)C. The van der Waals surface area contributed by atoms with Crippen molar-refractivity contribution < 1.29 is 9.59 Å². The van der Waals surface area contributed by atoms with Gasteiger partial charge in [0, 0.05) is 17.3 Å². The summed E-state index contributed by atoms with van der Waals surface area (Å²) in [6.07, 6.45) is 1.98. The highest BCUT2D eigenvalue weighted by molar-refractivity contribution is 5.86. The Morgan fingerprint density at radius 3 is 1.92 bits per heavy atom. The van der Waals surface area contributed by atoms with Crippen molar-refractivity contribution in [1.29, 1.82) is 0 Å². The second-order valence-corrected chi connectivity index (χ2v) is 4.98. The fourth-order valence-corrected chi connectivity index (χ4v) is 0.882. The van der Waals surface area contributed by atoms with E-state index in [1.807, 2.05) is 34.6 Å². The Labute approximate surface area is 80.7 Å². The van der Waals surface area contributed by atoms with Crippen LogP contribution >= 0.6 is 0 Å². The maximum atomic E-state index is 11.6. The van der Waals surface area contributed by atoms with E-state index in [9.17, 15) is 9.59 Å². The maximum absolute atomic E-state index is 11.6. The molecule has 0 radical (unpaired) electrons. The van der Waals surface area contributed by atoms with E-state index in [0.717, 1.165) is 12.7 Å². The van der Waals surface area contributed by atoms with Crippen LogP contribution in [0.15, 0.2) is 0 Å². The molecule has 0 spiro atoms. The van der Waals surface area contributed by atoms with Crippen LogP contribution in [0.3, 0.4) is 0 Å². The lowest BCUT2D eigenvalue weighted by Gasteiger charge is -2.25. The van der Waals surface area contributed by atoms with Gasteiger partial charge in [-0.2, -0.15) is 0 Å². The molecule has 0 aromatic rings.